The molecule has 1 aromatic carbocycles. The van der Waals surface area contributed by atoms with Crippen LogP contribution >= 0.6 is 0 Å². The van der Waals surface area contributed by atoms with Crippen molar-refractivity contribution < 1.29 is 13.5 Å². The second kappa shape index (κ2) is 4.99. The minimum absolute atomic E-state index is 0.0101. The lowest BCUT2D eigenvalue weighted by molar-refractivity contribution is 0.337. The van der Waals surface area contributed by atoms with E-state index in [0.717, 1.165) is 0 Å². The van der Waals surface area contributed by atoms with Gasteiger partial charge in [-0.25, -0.2) is 0 Å². The normalized spacial score (nSPS) is 12.5. The summed E-state index contributed by atoms with van der Waals surface area (Å²) in [6.07, 6.45) is 0. The highest BCUT2D eigenvalue weighted by Gasteiger charge is 2.01. The Morgan fingerprint density at radius 3 is 2.77 bits per heavy atom. The largest absolute Gasteiger partial charge is 0.772 e. The van der Waals surface area contributed by atoms with Crippen molar-refractivity contribution in [1.82, 2.24) is 0 Å². The predicted octanol–water partition coefficient (Wildman–Crippen LogP) is 1.46. The van der Waals surface area contributed by atoms with Crippen LogP contribution in [0.4, 0.5) is 0 Å². The summed E-state index contributed by atoms with van der Waals surface area (Å²) in [6, 6.07) is 7.14. The third-order valence-electron chi connectivity index (χ3n) is 1.55. The SMILES string of the molecule is CCOc1ccccc1CS(=O)[O-]. The van der Waals surface area contributed by atoms with Crippen LogP contribution in [0.25, 0.3) is 0 Å². The lowest BCUT2D eigenvalue weighted by Crippen LogP contribution is -1.99. The van der Waals surface area contributed by atoms with Gasteiger partial charge in [0.15, 0.2) is 0 Å². The molecule has 1 rings (SSSR count). The fraction of sp³-hybridized carbons (Fsp3) is 0.333. The van der Waals surface area contributed by atoms with Crippen molar-refractivity contribution in [2.45, 2.75) is 12.7 Å². The predicted molar refractivity (Wildman–Crippen MR) is 50.2 cm³/mol. The van der Waals surface area contributed by atoms with Gasteiger partial charge in [-0.1, -0.05) is 29.3 Å². The van der Waals surface area contributed by atoms with Crippen LogP contribution in [0.2, 0.25) is 0 Å². The molecule has 0 saturated carbocycles. The molecule has 0 aromatic heterocycles. The average molecular weight is 199 g/mol. The minimum Gasteiger partial charge on any atom is -0.772 e. The fourth-order valence-electron chi connectivity index (χ4n) is 1.05. The smallest absolute Gasteiger partial charge is 0.123 e. The number of rotatable bonds is 4. The Kier molecular flexibility index (Phi) is 3.92. The molecule has 1 unspecified atom stereocenters. The van der Waals surface area contributed by atoms with Gasteiger partial charge in [0.25, 0.3) is 0 Å². The van der Waals surface area contributed by atoms with Crippen LogP contribution in [0.3, 0.4) is 0 Å². The van der Waals surface area contributed by atoms with Gasteiger partial charge in [-0.15, -0.1) is 0 Å². The van der Waals surface area contributed by atoms with Crippen molar-refractivity contribution >= 4 is 11.1 Å². The van der Waals surface area contributed by atoms with Gasteiger partial charge in [-0.2, -0.15) is 0 Å². The van der Waals surface area contributed by atoms with Crippen LogP contribution in [-0.4, -0.2) is 15.4 Å². The Hall–Kier alpha value is -0.870. The molecule has 1 atom stereocenters. The molecular weight excluding hydrogens is 188 g/mol. The van der Waals surface area contributed by atoms with E-state index in [1.807, 2.05) is 13.0 Å². The first-order valence-electron chi connectivity index (χ1n) is 4.00. The molecular formula is C9H11O3S-. The van der Waals surface area contributed by atoms with Crippen molar-refractivity contribution in [3.05, 3.63) is 29.8 Å². The Morgan fingerprint density at radius 1 is 1.46 bits per heavy atom. The first-order chi connectivity index (χ1) is 6.24. The molecule has 72 valence electrons. The van der Waals surface area contributed by atoms with Crippen LogP contribution in [-0.2, 0) is 16.8 Å². The van der Waals surface area contributed by atoms with Crippen molar-refractivity contribution in [3.8, 4) is 5.75 Å². The van der Waals surface area contributed by atoms with Crippen LogP contribution in [0.1, 0.15) is 12.5 Å². The Morgan fingerprint density at radius 2 is 2.15 bits per heavy atom. The summed E-state index contributed by atoms with van der Waals surface area (Å²) in [5, 5.41) is 0. The lowest BCUT2D eigenvalue weighted by atomic mass is 10.2. The summed E-state index contributed by atoms with van der Waals surface area (Å²) in [7, 11) is 0. The maximum atomic E-state index is 10.5. The molecule has 0 N–H and O–H groups in total. The molecule has 0 aliphatic heterocycles. The third kappa shape index (κ3) is 3.16. The van der Waals surface area contributed by atoms with Crippen molar-refractivity contribution in [3.63, 3.8) is 0 Å². The molecule has 3 nitrogen and oxygen atoms in total. The maximum Gasteiger partial charge on any atom is 0.123 e. The van der Waals surface area contributed by atoms with Crippen LogP contribution < -0.4 is 4.74 Å². The van der Waals surface area contributed by atoms with Crippen LogP contribution in [0, 0.1) is 0 Å². The summed E-state index contributed by atoms with van der Waals surface area (Å²) in [5.41, 5.74) is 0.706. The zero-order chi connectivity index (χ0) is 9.68. The molecule has 0 spiro atoms. The van der Waals surface area contributed by atoms with Gasteiger partial charge in [0.1, 0.15) is 5.75 Å². The Labute approximate surface area is 80.0 Å². The molecule has 0 aliphatic rings. The number of hydrogen-bond donors (Lipinski definition) is 0. The van der Waals surface area contributed by atoms with E-state index < -0.39 is 11.1 Å². The van der Waals surface area contributed by atoms with Gasteiger partial charge in [-0.3, -0.25) is 4.21 Å². The molecule has 0 heterocycles. The molecule has 4 heteroatoms. The zero-order valence-corrected chi connectivity index (χ0v) is 8.17. The van der Waals surface area contributed by atoms with E-state index in [0.29, 0.717) is 17.9 Å². The van der Waals surface area contributed by atoms with Crippen molar-refractivity contribution in [1.29, 1.82) is 0 Å². The zero-order valence-electron chi connectivity index (χ0n) is 7.36. The van der Waals surface area contributed by atoms with E-state index in [1.165, 1.54) is 0 Å². The maximum absolute atomic E-state index is 10.5. The third-order valence-corrected chi connectivity index (χ3v) is 2.09. The molecule has 13 heavy (non-hydrogen) atoms. The molecule has 0 radical (unpaired) electrons. The van der Waals surface area contributed by atoms with Crippen LogP contribution in [0.15, 0.2) is 24.3 Å². The standard InChI is InChI=1S/C9H12O3S/c1-2-12-9-6-4-3-5-8(9)7-13(10)11/h3-6H,2,7H2,1H3,(H,10,11)/p-1. The summed E-state index contributed by atoms with van der Waals surface area (Å²) in [5.74, 6) is 0.658. The molecule has 0 saturated heterocycles. The van der Waals surface area contributed by atoms with Gasteiger partial charge in [0.05, 0.1) is 6.61 Å². The van der Waals surface area contributed by atoms with Crippen molar-refractivity contribution in [2.24, 2.45) is 0 Å². The van der Waals surface area contributed by atoms with E-state index in [4.69, 9.17) is 4.74 Å². The number of benzene rings is 1. The summed E-state index contributed by atoms with van der Waals surface area (Å²) < 4.78 is 26.2. The van der Waals surface area contributed by atoms with E-state index in [2.05, 4.69) is 0 Å². The molecule has 0 aliphatic carbocycles. The van der Waals surface area contributed by atoms with E-state index in [-0.39, 0.29) is 5.75 Å². The Balaban J connectivity index is 2.84. The van der Waals surface area contributed by atoms with Gasteiger partial charge in [-0.05, 0) is 13.0 Å². The number of ether oxygens (including phenoxy) is 1. The summed E-state index contributed by atoms with van der Waals surface area (Å²) >= 11 is -2.06. The van der Waals surface area contributed by atoms with Gasteiger partial charge in [0, 0.05) is 11.3 Å². The highest BCUT2D eigenvalue weighted by molar-refractivity contribution is 7.78. The van der Waals surface area contributed by atoms with Crippen LogP contribution in [0.5, 0.6) is 5.75 Å². The lowest BCUT2D eigenvalue weighted by Gasteiger charge is -2.10. The topological polar surface area (TPSA) is 49.4 Å². The first kappa shape index (κ1) is 10.2. The number of hydrogen-bond acceptors (Lipinski definition) is 3. The van der Waals surface area contributed by atoms with Crippen molar-refractivity contribution in [2.75, 3.05) is 6.61 Å². The highest BCUT2D eigenvalue weighted by Crippen LogP contribution is 2.18. The quantitative estimate of drug-likeness (QED) is 0.690. The summed E-state index contributed by atoms with van der Waals surface area (Å²) in [6.45, 7) is 2.41. The second-order valence-electron chi connectivity index (χ2n) is 2.49. The van der Waals surface area contributed by atoms with Gasteiger partial charge in [0.2, 0.25) is 0 Å². The van der Waals surface area contributed by atoms with Gasteiger partial charge >= 0.3 is 0 Å². The molecule has 0 fully saturated rings. The van der Waals surface area contributed by atoms with E-state index >= 15 is 0 Å². The van der Waals surface area contributed by atoms with E-state index in [1.54, 1.807) is 18.2 Å². The highest BCUT2D eigenvalue weighted by atomic mass is 32.2. The monoisotopic (exact) mass is 199 g/mol. The average Bonchev–Trinajstić information content (AvgIpc) is 2.08. The molecule has 0 bridgehead atoms. The minimum atomic E-state index is -2.06. The molecule has 1 aromatic rings. The van der Waals surface area contributed by atoms with E-state index in [9.17, 15) is 8.76 Å². The number of para-hydroxylation sites is 1. The Bertz CT molecular complexity index is 299. The summed E-state index contributed by atoms with van der Waals surface area (Å²) in [4.78, 5) is 0. The second-order valence-corrected chi connectivity index (χ2v) is 3.38. The molecule has 0 amide bonds. The van der Waals surface area contributed by atoms with Gasteiger partial charge < -0.3 is 9.29 Å². The fourth-order valence-corrected chi connectivity index (χ4v) is 1.54. The first-order valence-corrected chi connectivity index (χ1v) is 5.25.